The molecule has 100 valence electrons. The Hall–Kier alpha value is -0.0900. The van der Waals surface area contributed by atoms with Crippen LogP contribution in [-0.4, -0.2) is 40.9 Å². The number of hydrogen-bond donors (Lipinski definition) is 0. The van der Waals surface area contributed by atoms with Crippen molar-refractivity contribution in [2.24, 2.45) is 5.92 Å². The standard InChI is InChI=1S/C13H24BrNO2/c1-5-10(2)6-12(16)15-8-11(7-14)17-13(3,4)9-15/h10-11H,5-9H2,1-4H3. The molecule has 0 aromatic carbocycles. The number of alkyl halides is 1. The first-order valence-electron chi connectivity index (χ1n) is 6.39. The van der Waals surface area contributed by atoms with Gasteiger partial charge in [0.15, 0.2) is 0 Å². The minimum atomic E-state index is -0.234. The fraction of sp³-hybridized carbons (Fsp3) is 0.923. The second-order valence-electron chi connectivity index (χ2n) is 5.65. The van der Waals surface area contributed by atoms with Crippen LogP contribution in [-0.2, 0) is 9.53 Å². The van der Waals surface area contributed by atoms with Gasteiger partial charge in [0.1, 0.15) is 0 Å². The van der Waals surface area contributed by atoms with Crippen molar-refractivity contribution >= 4 is 21.8 Å². The zero-order valence-corrected chi connectivity index (χ0v) is 12.9. The lowest BCUT2D eigenvalue weighted by atomic mass is 10.0. The third-order valence-electron chi connectivity index (χ3n) is 3.23. The van der Waals surface area contributed by atoms with Crippen LogP contribution in [0.2, 0.25) is 0 Å². The summed E-state index contributed by atoms with van der Waals surface area (Å²) in [6.45, 7) is 9.76. The van der Waals surface area contributed by atoms with Crippen LogP contribution in [0.4, 0.5) is 0 Å². The molecule has 0 saturated carbocycles. The van der Waals surface area contributed by atoms with Crippen molar-refractivity contribution in [3.8, 4) is 0 Å². The minimum absolute atomic E-state index is 0.111. The summed E-state index contributed by atoms with van der Waals surface area (Å²) in [7, 11) is 0. The van der Waals surface area contributed by atoms with Gasteiger partial charge in [0.25, 0.3) is 0 Å². The quantitative estimate of drug-likeness (QED) is 0.748. The SMILES string of the molecule is CCC(C)CC(=O)N1CC(CBr)OC(C)(C)C1. The predicted octanol–water partition coefficient (Wildman–Crippen LogP) is 2.82. The molecular formula is C13H24BrNO2. The van der Waals surface area contributed by atoms with E-state index >= 15 is 0 Å². The van der Waals surface area contributed by atoms with E-state index in [0.29, 0.717) is 25.4 Å². The van der Waals surface area contributed by atoms with Gasteiger partial charge >= 0.3 is 0 Å². The van der Waals surface area contributed by atoms with Gasteiger partial charge in [0.05, 0.1) is 11.7 Å². The molecule has 2 unspecified atom stereocenters. The van der Waals surface area contributed by atoms with Crippen molar-refractivity contribution in [2.45, 2.75) is 52.2 Å². The molecule has 4 heteroatoms. The molecule has 0 radical (unpaired) electrons. The average Bonchev–Trinajstić information content (AvgIpc) is 2.26. The molecule has 0 aliphatic carbocycles. The van der Waals surface area contributed by atoms with E-state index in [9.17, 15) is 4.79 Å². The molecule has 1 heterocycles. The lowest BCUT2D eigenvalue weighted by Crippen LogP contribution is -2.55. The van der Waals surface area contributed by atoms with E-state index < -0.39 is 0 Å². The molecule has 0 spiro atoms. The van der Waals surface area contributed by atoms with Gasteiger partial charge in [-0.05, 0) is 19.8 Å². The molecule has 0 N–H and O–H groups in total. The highest BCUT2D eigenvalue weighted by Crippen LogP contribution is 2.23. The first-order chi connectivity index (χ1) is 7.88. The van der Waals surface area contributed by atoms with Crippen molar-refractivity contribution in [3.63, 3.8) is 0 Å². The molecular weight excluding hydrogens is 282 g/mol. The lowest BCUT2D eigenvalue weighted by Gasteiger charge is -2.42. The van der Waals surface area contributed by atoms with Crippen molar-refractivity contribution in [1.82, 2.24) is 4.90 Å². The maximum absolute atomic E-state index is 12.2. The molecule has 2 atom stereocenters. The summed E-state index contributed by atoms with van der Waals surface area (Å²) in [6, 6.07) is 0. The maximum atomic E-state index is 12.2. The Kier molecular flexibility index (Phi) is 5.45. The Balaban J connectivity index is 2.60. The number of hydrogen-bond acceptors (Lipinski definition) is 2. The van der Waals surface area contributed by atoms with Crippen LogP contribution in [0.1, 0.15) is 40.5 Å². The van der Waals surface area contributed by atoms with Crippen LogP contribution in [0.3, 0.4) is 0 Å². The van der Waals surface area contributed by atoms with Gasteiger partial charge in [-0.3, -0.25) is 4.79 Å². The van der Waals surface area contributed by atoms with Gasteiger partial charge in [0.2, 0.25) is 5.91 Å². The average molecular weight is 306 g/mol. The largest absolute Gasteiger partial charge is 0.368 e. The first kappa shape index (κ1) is 15.0. The zero-order chi connectivity index (χ0) is 13.1. The fourth-order valence-electron chi connectivity index (χ4n) is 2.14. The smallest absolute Gasteiger partial charge is 0.223 e. The highest BCUT2D eigenvalue weighted by molar-refractivity contribution is 9.09. The molecule has 1 saturated heterocycles. The van der Waals surface area contributed by atoms with E-state index in [1.807, 2.05) is 18.7 Å². The highest BCUT2D eigenvalue weighted by atomic mass is 79.9. The molecule has 0 aromatic heterocycles. The lowest BCUT2D eigenvalue weighted by molar-refractivity contribution is -0.157. The number of carbonyl (C=O) groups excluding carboxylic acids is 1. The Morgan fingerprint density at radius 1 is 1.59 bits per heavy atom. The molecule has 1 aliphatic rings. The Morgan fingerprint density at radius 3 is 2.76 bits per heavy atom. The van der Waals surface area contributed by atoms with Gasteiger partial charge in [-0.25, -0.2) is 0 Å². The van der Waals surface area contributed by atoms with Gasteiger partial charge < -0.3 is 9.64 Å². The number of amides is 1. The highest BCUT2D eigenvalue weighted by Gasteiger charge is 2.35. The van der Waals surface area contributed by atoms with Crippen LogP contribution >= 0.6 is 15.9 Å². The summed E-state index contributed by atoms with van der Waals surface area (Å²) in [5.41, 5.74) is -0.234. The van der Waals surface area contributed by atoms with Crippen LogP contribution in [0.5, 0.6) is 0 Å². The Morgan fingerprint density at radius 2 is 2.24 bits per heavy atom. The van der Waals surface area contributed by atoms with Crippen molar-refractivity contribution in [1.29, 1.82) is 0 Å². The Bertz CT molecular complexity index is 268. The Labute approximate surface area is 113 Å². The minimum Gasteiger partial charge on any atom is -0.368 e. The third kappa shape index (κ3) is 4.59. The second-order valence-corrected chi connectivity index (χ2v) is 6.29. The first-order valence-corrected chi connectivity index (χ1v) is 7.51. The van der Waals surface area contributed by atoms with E-state index in [1.54, 1.807) is 0 Å². The number of rotatable bonds is 4. The fourth-order valence-corrected chi connectivity index (χ4v) is 2.47. The molecule has 1 aliphatic heterocycles. The summed E-state index contributed by atoms with van der Waals surface area (Å²) in [5, 5.41) is 0.781. The molecule has 17 heavy (non-hydrogen) atoms. The summed E-state index contributed by atoms with van der Waals surface area (Å²) < 4.78 is 5.89. The van der Waals surface area contributed by atoms with E-state index in [4.69, 9.17) is 4.74 Å². The number of nitrogens with zero attached hydrogens (tertiary/aromatic N) is 1. The van der Waals surface area contributed by atoms with Gasteiger partial charge in [-0.15, -0.1) is 0 Å². The second kappa shape index (κ2) is 6.19. The molecule has 1 rings (SSSR count). The molecule has 0 bridgehead atoms. The van der Waals surface area contributed by atoms with Crippen molar-refractivity contribution < 1.29 is 9.53 Å². The summed E-state index contributed by atoms with van der Waals surface area (Å²) in [4.78, 5) is 14.1. The normalized spacial score (nSPS) is 25.7. The maximum Gasteiger partial charge on any atom is 0.223 e. The molecule has 1 fully saturated rings. The van der Waals surface area contributed by atoms with Crippen LogP contribution in [0.15, 0.2) is 0 Å². The van der Waals surface area contributed by atoms with E-state index in [1.165, 1.54) is 0 Å². The number of halogens is 1. The van der Waals surface area contributed by atoms with Crippen LogP contribution in [0.25, 0.3) is 0 Å². The van der Waals surface area contributed by atoms with E-state index in [2.05, 4.69) is 29.8 Å². The number of ether oxygens (including phenoxy) is 1. The van der Waals surface area contributed by atoms with Gasteiger partial charge in [-0.1, -0.05) is 36.2 Å². The monoisotopic (exact) mass is 305 g/mol. The van der Waals surface area contributed by atoms with Crippen molar-refractivity contribution in [2.75, 3.05) is 18.4 Å². The van der Waals surface area contributed by atoms with Crippen LogP contribution in [0, 0.1) is 5.92 Å². The van der Waals surface area contributed by atoms with E-state index in [0.717, 1.165) is 11.8 Å². The predicted molar refractivity (Wildman–Crippen MR) is 73.4 cm³/mol. The summed E-state index contributed by atoms with van der Waals surface area (Å²) >= 11 is 3.44. The van der Waals surface area contributed by atoms with Gasteiger partial charge in [-0.2, -0.15) is 0 Å². The zero-order valence-electron chi connectivity index (χ0n) is 11.3. The summed E-state index contributed by atoms with van der Waals surface area (Å²) in [6.07, 6.45) is 1.82. The molecule has 3 nitrogen and oxygen atoms in total. The van der Waals surface area contributed by atoms with Gasteiger partial charge in [0, 0.05) is 24.8 Å². The molecule has 1 amide bonds. The summed E-state index contributed by atoms with van der Waals surface area (Å²) in [5.74, 6) is 0.734. The van der Waals surface area contributed by atoms with Crippen LogP contribution < -0.4 is 0 Å². The number of morpholine rings is 1. The topological polar surface area (TPSA) is 29.5 Å². The molecule has 0 aromatic rings. The third-order valence-corrected chi connectivity index (χ3v) is 3.95. The number of carbonyl (C=O) groups is 1. The van der Waals surface area contributed by atoms with Crippen molar-refractivity contribution in [3.05, 3.63) is 0 Å². The van der Waals surface area contributed by atoms with E-state index in [-0.39, 0.29) is 17.6 Å².